The molecule has 5 aliphatic rings. The summed E-state index contributed by atoms with van der Waals surface area (Å²) in [6, 6.07) is 14.8. The molecule has 5 amide bonds. The predicted molar refractivity (Wildman–Crippen MR) is 247 cm³/mol. The Morgan fingerprint density at radius 3 is 2.45 bits per heavy atom. The van der Waals surface area contributed by atoms with Crippen LogP contribution in [-0.2, 0) is 38.7 Å². The number of fused-ring (bicyclic) bond motifs is 2. The lowest BCUT2D eigenvalue weighted by Gasteiger charge is -2.41. The monoisotopic (exact) mass is 934 g/mol. The number of aryl methyl sites for hydroxylation is 1. The summed E-state index contributed by atoms with van der Waals surface area (Å²) in [7, 11) is 0. The van der Waals surface area contributed by atoms with Gasteiger partial charge in [-0.05, 0) is 85.7 Å². The Morgan fingerprint density at radius 1 is 0.939 bits per heavy atom. The molecular formula is C47H48ClFN10O6S. The van der Waals surface area contributed by atoms with E-state index in [-0.39, 0.29) is 43.0 Å². The molecule has 3 aromatic carbocycles. The van der Waals surface area contributed by atoms with Gasteiger partial charge < -0.3 is 34.6 Å². The van der Waals surface area contributed by atoms with Crippen LogP contribution in [0, 0.1) is 5.82 Å². The lowest BCUT2D eigenvalue weighted by atomic mass is 9.87. The number of amides is 5. The highest BCUT2D eigenvalue weighted by Gasteiger charge is 2.42. The van der Waals surface area contributed by atoms with Gasteiger partial charge in [0, 0.05) is 104 Å². The van der Waals surface area contributed by atoms with Gasteiger partial charge in [0.1, 0.15) is 11.9 Å². The van der Waals surface area contributed by atoms with Gasteiger partial charge >= 0.3 is 0 Å². The van der Waals surface area contributed by atoms with E-state index in [9.17, 15) is 29.1 Å². The molecule has 3 fully saturated rings. The lowest BCUT2D eigenvalue weighted by Crippen LogP contribution is -2.52. The molecule has 7 heterocycles. The summed E-state index contributed by atoms with van der Waals surface area (Å²) < 4.78 is 17.3. The van der Waals surface area contributed by atoms with Crippen molar-refractivity contribution < 1.29 is 33.5 Å². The third kappa shape index (κ3) is 8.60. The number of hydrogen-bond donors (Lipinski definition) is 4. The predicted octanol–water partition coefficient (Wildman–Crippen LogP) is 5.37. The second-order valence-corrected chi connectivity index (χ2v) is 18.9. The van der Waals surface area contributed by atoms with Gasteiger partial charge in [0.25, 0.3) is 11.8 Å². The highest BCUT2D eigenvalue weighted by molar-refractivity contribution is 7.13. The van der Waals surface area contributed by atoms with Gasteiger partial charge in [0.15, 0.2) is 11.2 Å². The Balaban J connectivity index is 0.735. The molecule has 0 aliphatic carbocycles. The van der Waals surface area contributed by atoms with Crippen LogP contribution in [-0.4, -0.2) is 110 Å². The van der Waals surface area contributed by atoms with Crippen LogP contribution in [0.4, 0.5) is 26.6 Å². The van der Waals surface area contributed by atoms with E-state index in [0.29, 0.717) is 96.9 Å². The van der Waals surface area contributed by atoms with Gasteiger partial charge in [-0.3, -0.25) is 34.6 Å². The molecule has 0 spiro atoms. The minimum absolute atomic E-state index is 0.0116. The van der Waals surface area contributed by atoms with Crippen LogP contribution in [0.25, 0.3) is 11.1 Å². The third-order valence-electron chi connectivity index (χ3n) is 13.5. The molecule has 4 N–H and O–H groups in total. The molecule has 2 aromatic heterocycles. The number of piperazine rings is 1. The number of hydrogen-bond acceptors (Lipinski definition) is 12. The zero-order chi connectivity index (χ0) is 45.7. The summed E-state index contributed by atoms with van der Waals surface area (Å²) in [5, 5.41) is 22.3. The van der Waals surface area contributed by atoms with Gasteiger partial charge in [0.2, 0.25) is 17.7 Å². The van der Waals surface area contributed by atoms with Gasteiger partial charge in [-0.1, -0.05) is 23.7 Å². The molecule has 19 heteroatoms. The van der Waals surface area contributed by atoms with Crippen molar-refractivity contribution >= 4 is 74.7 Å². The summed E-state index contributed by atoms with van der Waals surface area (Å²) in [6.45, 7) is 3.93. The number of anilines is 4. The number of imide groups is 1. The first-order valence-electron chi connectivity index (χ1n) is 22.3. The van der Waals surface area contributed by atoms with E-state index in [1.165, 1.54) is 17.4 Å². The summed E-state index contributed by atoms with van der Waals surface area (Å²) in [5.41, 5.74) is 4.87. The van der Waals surface area contributed by atoms with Crippen LogP contribution in [0.1, 0.15) is 71.9 Å². The summed E-state index contributed by atoms with van der Waals surface area (Å²) in [5.74, 6) is -2.01. The molecule has 10 rings (SSSR count). The fourth-order valence-electron chi connectivity index (χ4n) is 9.86. The topological polar surface area (TPSA) is 185 Å². The van der Waals surface area contributed by atoms with E-state index in [2.05, 4.69) is 30.8 Å². The molecule has 0 bridgehead atoms. The van der Waals surface area contributed by atoms with Crippen molar-refractivity contribution in [2.24, 2.45) is 0 Å². The van der Waals surface area contributed by atoms with E-state index >= 15 is 4.39 Å². The largest absolute Gasteiger partial charge is 0.389 e. The van der Waals surface area contributed by atoms with Gasteiger partial charge in [-0.25, -0.2) is 14.4 Å². The molecular weight excluding hydrogens is 887 g/mol. The van der Waals surface area contributed by atoms with Crippen molar-refractivity contribution in [3.8, 4) is 11.1 Å². The molecule has 5 aromatic rings. The first kappa shape index (κ1) is 43.5. The van der Waals surface area contributed by atoms with E-state index < -0.39 is 29.4 Å². The smallest absolute Gasteiger partial charge is 0.255 e. The number of benzene rings is 3. The number of piperidine rings is 2. The molecule has 342 valence electrons. The Labute approximate surface area is 388 Å². The minimum atomic E-state index is -1.20. The van der Waals surface area contributed by atoms with E-state index in [0.717, 1.165) is 41.9 Å². The summed E-state index contributed by atoms with van der Waals surface area (Å²) >= 11 is 8.21. The number of imidazole rings is 1. The number of aromatic nitrogens is 3. The maximum Gasteiger partial charge on any atom is 0.255 e. The van der Waals surface area contributed by atoms with Crippen LogP contribution >= 0.6 is 22.9 Å². The average Bonchev–Trinajstić information content (AvgIpc) is 4.13. The number of carbonyl (C=O) groups excluding carboxylic acids is 5. The number of aliphatic hydroxyl groups is 1. The van der Waals surface area contributed by atoms with Crippen molar-refractivity contribution in [3.05, 3.63) is 106 Å². The molecule has 0 saturated carbocycles. The van der Waals surface area contributed by atoms with Crippen molar-refractivity contribution in [1.29, 1.82) is 0 Å². The van der Waals surface area contributed by atoms with Crippen LogP contribution in [0.2, 0.25) is 5.02 Å². The van der Waals surface area contributed by atoms with Gasteiger partial charge in [-0.2, -0.15) is 0 Å². The Hall–Kier alpha value is -6.37. The summed E-state index contributed by atoms with van der Waals surface area (Å²) in [6.07, 6.45) is 6.21. The number of carbonyl (C=O) groups is 5. The fraction of sp³-hybridized carbons (Fsp3) is 0.383. The molecule has 3 saturated heterocycles. The Bertz CT molecular complexity index is 2720. The second kappa shape index (κ2) is 17.8. The molecule has 0 radical (unpaired) electrons. The quantitative estimate of drug-likeness (QED) is 0.125. The van der Waals surface area contributed by atoms with Crippen LogP contribution < -0.4 is 25.8 Å². The van der Waals surface area contributed by atoms with Crippen LogP contribution in [0.3, 0.4) is 0 Å². The van der Waals surface area contributed by atoms with Gasteiger partial charge in [-0.15, -0.1) is 11.3 Å². The molecule has 66 heavy (non-hydrogen) atoms. The van der Waals surface area contributed by atoms with Crippen LogP contribution in [0.5, 0.6) is 0 Å². The molecule has 1 unspecified atom stereocenters. The third-order valence-corrected chi connectivity index (χ3v) is 14.6. The first-order valence-corrected chi connectivity index (χ1v) is 23.5. The normalized spacial score (nSPS) is 19.7. The molecule has 5 aliphatic heterocycles. The fourth-order valence-corrected chi connectivity index (χ4v) is 10.7. The number of nitrogens with one attached hydrogen (secondary N) is 3. The highest BCUT2D eigenvalue weighted by Crippen LogP contribution is 2.40. The number of halogens is 2. The zero-order valence-corrected chi connectivity index (χ0v) is 37.5. The van der Waals surface area contributed by atoms with E-state index in [1.807, 2.05) is 45.9 Å². The average molecular weight is 935 g/mol. The lowest BCUT2D eigenvalue weighted by molar-refractivity contribution is -0.138. The number of thiazole rings is 1. The Kier molecular flexibility index (Phi) is 11.7. The molecule has 16 nitrogen and oxygen atoms in total. The Morgan fingerprint density at radius 2 is 1.73 bits per heavy atom. The van der Waals surface area contributed by atoms with E-state index in [1.54, 1.807) is 39.8 Å². The van der Waals surface area contributed by atoms with Crippen molar-refractivity contribution in [2.75, 3.05) is 59.7 Å². The molecule has 2 atom stereocenters. The zero-order valence-electron chi connectivity index (χ0n) is 36.0. The summed E-state index contributed by atoms with van der Waals surface area (Å²) in [4.78, 5) is 81.5. The van der Waals surface area contributed by atoms with Crippen molar-refractivity contribution in [3.63, 3.8) is 0 Å². The van der Waals surface area contributed by atoms with Crippen molar-refractivity contribution in [1.82, 2.24) is 29.7 Å². The van der Waals surface area contributed by atoms with Gasteiger partial charge in [0.05, 0.1) is 29.7 Å². The number of nitrogens with zero attached hydrogens (tertiary/aromatic N) is 7. The maximum absolute atomic E-state index is 15.3. The standard InChI is InChI=1S/C47H48ClFN10O6S/c48-34-23-29(22-32-33(34)26-59(45(32)64)42(44(63)54-46-50-13-21-66-46)41-38-2-1-14-58(38)27-51-41)28-3-6-31(7-4-28)55-17-19-57(20-18-55)40(61)25-47(65)11-15-56(16-12-47)37-9-5-30(24-35(37)49)52-36-8-10-39(60)53-43(36)62/h3-7,9,13,21-24,27,36,42,52,65H,1-2,8,10-12,14-20,25-26H2,(H,50,54,63)(H,53,60,62)/t36-,42?/m0/s1. The minimum Gasteiger partial charge on any atom is -0.389 e. The van der Waals surface area contributed by atoms with E-state index in [4.69, 9.17) is 11.6 Å². The SMILES string of the molecule is O=C1CC[C@H](Nc2ccc(N3CCC(O)(CC(=O)N4CCN(c5ccc(-c6cc(Cl)c7c(c6)C(=O)N(C(C(=O)Nc6nccs6)c6ncn8c6CCC8)C7)cc5)CC4)CC3)c(F)c2)C(=O)N1. The second-order valence-electron chi connectivity index (χ2n) is 17.6. The highest BCUT2D eigenvalue weighted by atomic mass is 35.5. The van der Waals surface area contributed by atoms with Crippen molar-refractivity contribution in [2.45, 2.75) is 75.7 Å². The number of rotatable bonds is 11. The maximum atomic E-state index is 15.3. The first-order chi connectivity index (χ1) is 31.9. The van der Waals surface area contributed by atoms with Crippen LogP contribution in [0.15, 0.2) is 72.5 Å².